The minimum Gasteiger partial charge on any atom is -0.409 e. The molecular formula is C12H14N6O3. The maximum Gasteiger partial charge on any atom is 0.288 e. The second-order valence-corrected chi connectivity index (χ2v) is 4.51. The predicted octanol–water partition coefficient (Wildman–Crippen LogP) is 1.20. The van der Waals surface area contributed by atoms with Crippen LogP contribution in [0.25, 0.3) is 5.82 Å². The van der Waals surface area contributed by atoms with Crippen LogP contribution in [0.2, 0.25) is 0 Å². The molecule has 0 unspecified atom stereocenters. The molecule has 0 aliphatic rings. The zero-order chi connectivity index (χ0) is 15.7. The third-order valence-corrected chi connectivity index (χ3v) is 3.30. The van der Waals surface area contributed by atoms with Gasteiger partial charge in [-0.25, -0.2) is 9.67 Å². The normalized spacial score (nSPS) is 11.7. The Labute approximate surface area is 119 Å². The lowest BCUT2D eigenvalue weighted by Crippen LogP contribution is -2.19. The van der Waals surface area contributed by atoms with E-state index in [1.807, 2.05) is 20.8 Å². The summed E-state index contributed by atoms with van der Waals surface area (Å²) >= 11 is 0. The number of aryl methyl sites for hydroxylation is 1. The molecule has 0 amide bonds. The quantitative estimate of drug-likeness (QED) is 0.287. The van der Waals surface area contributed by atoms with Gasteiger partial charge in [-0.15, -0.1) is 0 Å². The van der Waals surface area contributed by atoms with Crippen LogP contribution in [0, 0.1) is 30.9 Å². The first-order valence-corrected chi connectivity index (χ1v) is 6.02. The number of pyridine rings is 1. The fraction of sp³-hybridized carbons (Fsp3) is 0.250. The molecule has 0 aliphatic carbocycles. The van der Waals surface area contributed by atoms with Crippen LogP contribution >= 0.6 is 0 Å². The second kappa shape index (κ2) is 5.19. The molecule has 2 aromatic heterocycles. The van der Waals surface area contributed by atoms with Gasteiger partial charge in [-0.1, -0.05) is 5.16 Å². The number of hydrogen-bond donors (Lipinski definition) is 2. The number of hydrogen-bond acceptors (Lipinski definition) is 6. The van der Waals surface area contributed by atoms with Crippen molar-refractivity contribution in [2.75, 3.05) is 0 Å². The summed E-state index contributed by atoms with van der Waals surface area (Å²) in [6.45, 7) is 5.59. The summed E-state index contributed by atoms with van der Waals surface area (Å²) in [7, 11) is 0. The van der Waals surface area contributed by atoms with Crippen LogP contribution in [0.3, 0.4) is 0 Å². The van der Waals surface area contributed by atoms with Gasteiger partial charge >= 0.3 is 0 Å². The van der Waals surface area contributed by atoms with E-state index in [-0.39, 0.29) is 22.9 Å². The van der Waals surface area contributed by atoms with Gasteiger partial charge < -0.3 is 10.9 Å². The monoisotopic (exact) mass is 290 g/mol. The van der Waals surface area contributed by atoms with Gasteiger partial charge in [0.2, 0.25) is 0 Å². The minimum atomic E-state index is -0.600. The molecule has 0 saturated carbocycles. The fourth-order valence-electron chi connectivity index (χ4n) is 1.88. The van der Waals surface area contributed by atoms with E-state index in [9.17, 15) is 10.1 Å². The SMILES string of the molecule is Cc1nn(-c2ncc([N+](=O)[O-])cc2C(N)=NO)c(C)c1C. The van der Waals surface area contributed by atoms with Gasteiger partial charge in [0.25, 0.3) is 5.69 Å². The highest BCUT2D eigenvalue weighted by atomic mass is 16.6. The molecule has 9 nitrogen and oxygen atoms in total. The molecule has 0 bridgehead atoms. The van der Waals surface area contributed by atoms with Crippen molar-refractivity contribution in [3.05, 3.63) is 44.9 Å². The van der Waals surface area contributed by atoms with E-state index in [0.717, 1.165) is 23.1 Å². The molecule has 0 spiro atoms. The van der Waals surface area contributed by atoms with Gasteiger partial charge in [0.1, 0.15) is 6.20 Å². The van der Waals surface area contributed by atoms with Crippen LogP contribution in [-0.2, 0) is 0 Å². The molecule has 0 atom stereocenters. The molecule has 2 aromatic rings. The smallest absolute Gasteiger partial charge is 0.288 e. The first-order valence-electron chi connectivity index (χ1n) is 6.02. The van der Waals surface area contributed by atoms with Crippen molar-refractivity contribution in [1.82, 2.24) is 14.8 Å². The second-order valence-electron chi connectivity index (χ2n) is 4.51. The highest BCUT2D eigenvalue weighted by molar-refractivity contribution is 6.00. The van der Waals surface area contributed by atoms with Crippen molar-refractivity contribution in [2.45, 2.75) is 20.8 Å². The summed E-state index contributed by atoms with van der Waals surface area (Å²) in [6.07, 6.45) is 1.11. The third-order valence-electron chi connectivity index (χ3n) is 3.30. The Balaban J connectivity index is 2.73. The highest BCUT2D eigenvalue weighted by Crippen LogP contribution is 2.21. The average Bonchev–Trinajstić information content (AvgIpc) is 2.73. The fourth-order valence-corrected chi connectivity index (χ4v) is 1.88. The zero-order valence-corrected chi connectivity index (χ0v) is 11.7. The van der Waals surface area contributed by atoms with E-state index in [2.05, 4.69) is 15.2 Å². The lowest BCUT2D eigenvalue weighted by Gasteiger charge is -2.09. The summed E-state index contributed by atoms with van der Waals surface area (Å²) in [5, 5.41) is 26.9. The maximum absolute atomic E-state index is 10.8. The van der Waals surface area contributed by atoms with Crippen molar-refractivity contribution in [3.63, 3.8) is 0 Å². The Morgan fingerprint density at radius 2 is 2.14 bits per heavy atom. The molecule has 0 fully saturated rings. The lowest BCUT2D eigenvalue weighted by atomic mass is 10.2. The number of nitrogens with two attached hydrogens (primary N) is 1. The van der Waals surface area contributed by atoms with Crippen LogP contribution in [0.15, 0.2) is 17.4 Å². The number of nitro groups is 1. The van der Waals surface area contributed by atoms with Gasteiger partial charge in [-0.05, 0) is 26.3 Å². The first kappa shape index (κ1) is 14.4. The van der Waals surface area contributed by atoms with Crippen molar-refractivity contribution in [3.8, 4) is 5.82 Å². The Hall–Kier alpha value is -2.97. The molecule has 0 aliphatic heterocycles. The van der Waals surface area contributed by atoms with Gasteiger partial charge in [0.05, 0.1) is 16.2 Å². The Morgan fingerprint density at radius 3 is 2.62 bits per heavy atom. The molecule has 0 saturated heterocycles. The topological polar surface area (TPSA) is 132 Å². The summed E-state index contributed by atoms with van der Waals surface area (Å²) in [6, 6.07) is 1.20. The number of nitrogens with zero attached hydrogens (tertiary/aromatic N) is 5. The molecule has 3 N–H and O–H groups in total. The van der Waals surface area contributed by atoms with E-state index in [1.54, 1.807) is 0 Å². The molecule has 110 valence electrons. The molecule has 21 heavy (non-hydrogen) atoms. The maximum atomic E-state index is 10.8. The Bertz CT molecular complexity index is 750. The van der Waals surface area contributed by atoms with Crippen molar-refractivity contribution in [1.29, 1.82) is 0 Å². The number of oxime groups is 1. The van der Waals surface area contributed by atoms with Crippen LogP contribution < -0.4 is 5.73 Å². The van der Waals surface area contributed by atoms with E-state index in [1.165, 1.54) is 10.7 Å². The standard InChI is InChI=1S/C12H14N6O3/c1-6-7(2)15-17(8(6)3)12-10(11(13)16-19)4-9(5-14-12)18(20)21/h4-5,19H,1-3H3,(H2,13,16). The molecular weight excluding hydrogens is 276 g/mol. The van der Waals surface area contributed by atoms with Crippen LogP contribution in [0.4, 0.5) is 5.69 Å². The lowest BCUT2D eigenvalue weighted by molar-refractivity contribution is -0.385. The number of rotatable bonds is 3. The molecule has 0 radical (unpaired) electrons. The summed E-state index contributed by atoms with van der Waals surface area (Å²) in [4.78, 5) is 14.3. The zero-order valence-electron chi connectivity index (χ0n) is 11.7. The Kier molecular flexibility index (Phi) is 3.57. The van der Waals surface area contributed by atoms with Crippen LogP contribution in [0.5, 0.6) is 0 Å². The number of amidine groups is 1. The van der Waals surface area contributed by atoms with Crippen molar-refractivity contribution < 1.29 is 10.1 Å². The summed E-state index contributed by atoms with van der Waals surface area (Å²) in [5.74, 6) is -0.00370. The van der Waals surface area contributed by atoms with E-state index < -0.39 is 4.92 Å². The van der Waals surface area contributed by atoms with E-state index >= 15 is 0 Å². The number of aromatic nitrogens is 3. The summed E-state index contributed by atoms with van der Waals surface area (Å²) in [5.41, 5.74) is 8.07. The van der Waals surface area contributed by atoms with E-state index in [4.69, 9.17) is 10.9 Å². The van der Waals surface area contributed by atoms with E-state index in [0.29, 0.717) is 0 Å². The first-order chi connectivity index (χ1) is 9.86. The van der Waals surface area contributed by atoms with Crippen LogP contribution in [0.1, 0.15) is 22.5 Å². The predicted molar refractivity (Wildman–Crippen MR) is 74.7 cm³/mol. The average molecular weight is 290 g/mol. The van der Waals surface area contributed by atoms with Gasteiger partial charge in [-0.3, -0.25) is 10.1 Å². The summed E-state index contributed by atoms with van der Waals surface area (Å²) < 4.78 is 1.52. The van der Waals surface area contributed by atoms with Gasteiger partial charge in [0.15, 0.2) is 11.7 Å². The third kappa shape index (κ3) is 2.40. The molecule has 2 rings (SSSR count). The van der Waals surface area contributed by atoms with Gasteiger partial charge in [0, 0.05) is 11.8 Å². The largest absolute Gasteiger partial charge is 0.409 e. The highest BCUT2D eigenvalue weighted by Gasteiger charge is 2.19. The van der Waals surface area contributed by atoms with Crippen molar-refractivity contribution in [2.24, 2.45) is 10.9 Å². The Morgan fingerprint density at radius 1 is 1.48 bits per heavy atom. The molecule has 9 heteroatoms. The van der Waals surface area contributed by atoms with Gasteiger partial charge in [-0.2, -0.15) is 5.10 Å². The van der Waals surface area contributed by atoms with Crippen molar-refractivity contribution >= 4 is 11.5 Å². The molecule has 2 heterocycles. The van der Waals surface area contributed by atoms with Crippen LogP contribution in [-0.4, -0.2) is 30.7 Å². The minimum absolute atomic E-state index is 0.136. The molecule has 0 aromatic carbocycles.